The largest absolute Gasteiger partial charge is 0.477 e. The molecule has 0 spiro atoms. The molecule has 2 N–H and O–H groups in total. The van der Waals surface area contributed by atoms with Crippen molar-refractivity contribution in [2.45, 2.75) is 48.8 Å². The van der Waals surface area contributed by atoms with E-state index in [1.165, 1.54) is 12.3 Å². The van der Waals surface area contributed by atoms with Crippen molar-refractivity contribution in [2.75, 3.05) is 7.11 Å². The SMILES string of the molecule is COC1CC(NS(=O)(=O)c2cc(C(=O)O)n(C3CC3)c2)C1. The zero-order chi connectivity index (χ0) is 15.2. The molecule has 3 rings (SSSR count). The highest BCUT2D eigenvalue weighted by molar-refractivity contribution is 7.89. The lowest BCUT2D eigenvalue weighted by Gasteiger charge is -2.34. The molecule has 0 amide bonds. The maximum Gasteiger partial charge on any atom is 0.352 e. The summed E-state index contributed by atoms with van der Waals surface area (Å²) >= 11 is 0. The van der Waals surface area contributed by atoms with Crippen LogP contribution < -0.4 is 4.72 Å². The predicted octanol–water partition coefficient (Wildman–Crippen LogP) is 0.977. The number of ether oxygens (including phenoxy) is 1. The van der Waals surface area contributed by atoms with Gasteiger partial charge in [0.15, 0.2) is 0 Å². The van der Waals surface area contributed by atoms with Crippen molar-refractivity contribution in [2.24, 2.45) is 0 Å². The highest BCUT2D eigenvalue weighted by atomic mass is 32.2. The molecule has 1 aromatic heterocycles. The van der Waals surface area contributed by atoms with Gasteiger partial charge in [0.1, 0.15) is 10.6 Å². The summed E-state index contributed by atoms with van der Waals surface area (Å²) in [7, 11) is -2.08. The number of sulfonamides is 1. The topological polar surface area (TPSA) is 97.6 Å². The van der Waals surface area contributed by atoms with Gasteiger partial charge in [-0.05, 0) is 31.7 Å². The number of carboxylic acids is 1. The molecule has 2 aliphatic carbocycles. The van der Waals surface area contributed by atoms with Crippen LogP contribution in [0.4, 0.5) is 0 Å². The van der Waals surface area contributed by atoms with E-state index in [9.17, 15) is 18.3 Å². The zero-order valence-electron chi connectivity index (χ0n) is 11.7. The van der Waals surface area contributed by atoms with Crippen LogP contribution in [-0.2, 0) is 14.8 Å². The molecule has 2 aliphatic rings. The zero-order valence-corrected chi connectivity index (χ0v) is 12.5. The van der Waals surface area contributed by atoms with Crippen molar-refractivity contribution in [1.82, 2.24) is 9.29 Å². The van der Waals surface area contributed by atoms with E-state index in [0.29, 0.717) is 12.8 Å². The minimum Gasteiger partial charge on any atom is -0.477 e. The Bertz CT molecular complexity index is 656. The van der Waals surface area contributed by atoms with Crippen LogP contribution >= 0.6 is 0 Å². The van der Waals surface area contributed by atoms with Crippen molar-refractivity contribution in [3.63, 3.8) is 0 Å². The van der Waals surface area contributed by atoms with Gasteiger partial charge >= 0.3 is 5.97 Å². The number of aromatic carboxylic acids is 1. The molecule has 7 nitrogen and oxygen atoms in total. The average molecular weight is 314 g/mol. The van der Waals surface area contributed by atoms with Crippen LogP contribution in [0.3, 0.4) is 0 Å². The smallest absolute Gasteiger partial charge is 0.352 e. The minimum atomic E-state index is -3.68. The molecule has 0 radical (unpaired) electrons. The molecule has 0 saturated heterocycles. The fourth-order valence-corrected chi connectivity index (χ4v) is 3.86. The third-order valence-corrected chi connectivity index (χ3v) is 5.53. The lowest BCUT2D eigenvalue weighted by Crippen LogP contribution is -2.47. The maximum absolute atomic E-state index is 12.3. The molecule has 1 heterocycles. The molecule has 1 aromatic rings. The van der Waals surface area contributed by atoms with E-state index in [1.54, 1.807) is 11.7 Å². The van der Waals surface area contributed by atoms with Crippen LogP contribution in [0.25, 0.3) is 0 Å². The Hall–Kier alpha value is -1.38. The fourth-order valence-electron chi connectivity index (χ4n) is 2.57. The van der Waals surface area contributed by atoms with Crippen LogP contribution in [0.1, 0.15) is 42.2 Å². The Morgan fingerprint density at radius 1 is 1.43 bits per heavy atom. The maximum atomic E-state index is 12.3. The van der Waals surface area contributed by atoms with E-state index in [4.69, 9.17) is 4.74 Å². The van der Waals surface area contributed by atoms with Gasteiger partial charge in [-0.2, -0.15) is 0 Å². The molecular weight excluding hydrogens is 296 g/mol. The number of rotatable bonds is 6. The Morgan fingerprint density at radius 2 is 2.10 bits per heavy atom. The molecule has 2 saturated carbocycles. The lowest BCUT2D eigenvalue weighted by atomic mass is 9.90. The van der Waals surface area contributed by atoms with E-state index in [0.717, 1.165) is 12.8 Å². The first-order chi connectivity index (χ1) is 9.90. The van der Waals surface area contributed by atoms with E-state index in [-0.39, 0.29) is 28.8 Å². The molecule has 116 valence electrons. The van der Waals surface area contributed by atoms with Crippen LogP contribution in [0.2, 0.25) is 0 Å². The van der Waals surface area contributed by atoms with Crippen LogP contribution in [-0.4, -0.2) is 43.3 Å². The average Bonchev–Trinajstić information content (AvgIpc) is 3.11. The summed E-state index contributed by atoms with van der Waals surface area (Å²) < 4.78 is 33.9. The third-order valence-electron chi connectivity index (χ3n) is 4.04. The number of methoxy groups -OCH3 is 1. The lowest BCUT2D eigenvalue weighted by molar-refractivity contribution is 0.0236. The Balaban J connectivity index is 1.79. The molecule has 0 atom stereocenters. The van der Waals surface area contributed by atoms with Crippen LogP contribution in [0, 0.1) is 0 Å². The Kier molecular flexibility index (Phi) is 3.54. The normalized spacial score (nSPS) is 25.6. The van der Waals surface area contributed by atoms with Gasteiger partial charge in [-0.25, -0.2) is 17.9 Å². The van der Waals surface area contributed by atoms with Gasteiger partial charge in [0.2, 0.25) is 10.0 Å². The molecule has 0 bridgehead atoms. The molecule has 8 heteroatoms. The van der Waals surface area contributed by atoms with E-state index < -0.39 is 16.0 Å². The fraction of sp³-hybridized carbons (Fsp3) is 0.615. The van der Waals surface area contributed by atoms with Gasteiger partial charge in [-0.1, -0.05) is 0 Å². The molecule has 0 aromatic carbocycles. The van der Waals surface area contributed by atoms with Crippen molar-refractivity contribution in [1.29, 1.82) is 0 Å². The number of nitrogens with zero attached hydrogens (tertiary/aromatic N) is 1. The monoisotopic (exact) mass is 314 g/mol. The van der Waals surface area contributed by atoms with Gasteiger partial charge in [-0.3, -0.25) is 0 Å². The summed E-state index contributed by atoms with van der Waals surface area (Å²) in [4.78, 5) is 11.2. The van der Waals surface area contributed by atoms with Crippen molar-refractivity contribution >= 4 is 16.0 Å². The number of carboxylic acid groups (broad SMARTS) is 1. The predicted molar refractivity (Wildman–Crippen MR) is 73.8 cm³/mol. The van der Waals surface area contributed by atoms with E-state index in [2.05, 4.69) is 4.72 Å². The highest BCUT2D eigenvalue weighted by Crippen LogP contribution is 2.37. The summed E-state index contributed by atoms with van der Waals surface area (Å²) in [5.74, 6) is -1.11. The molecule has 21 heavy (non-hydrogen) atoms. The number of hydrogen-bond donors (Lipinski definition) is 2. The minimum absolute atomic E-state index is 0.0210. The first kappa shape index (κ1) is 14.6. The summed E-state index contributed by atoms with van der Waals surface area (Å²) in [5.41, 5.74) is 0.0289. The summed E-state index contributed by atoms with van der Waals surface area (Å²) in [6, 6.07) is 1.20. The van der Waals surface area contributed by atoms with Gasteiger partial charge < -0.3 is 14.4 Å². The van der Waals surface area contributed by atoms with Crippen molar-refractivity contribution < 1.29 is 23.1 Å². The first-order valence-corrected chi connectivity index (χ1v) is 8.39. The second-order valence-electron chi connectivity index (χ2n) is 5.65. The molecule has 0 unspecified atom stereocenters. The second kappa shape index (κ2) is 5.11. The number of carbonyl (C=O) groups is 1. The summed E-state index contributed by atoms with van der Waals surface area (Å²) in [6.45, 7) is 0. The molecule has 0 aliphatic heterocycles. The van der Waals surface area contributed by atoms with Crippen molar-refractivity contribution in [3.05, 3.63) is 18.0 Å². The van der Waals surface area contributed by atoms with Gasteiger partial charge in [0.25, 0.3) is 0 Å². The van der Waals surface area contributed by atoms with Gasteiger partial charge in [-0.15, -0.1) is 0 Å². The number of aromatic nitrogens is 1. The first-order valence-electron chi connectivity index (χ1n) is 6.91. The van der Waals surface area contributed by atoms with Gasteiger partial charge in [0.05, 0.1) is 6.10 Å². The third kappa shape index (κ3) is 2.83. The number of nitrogens with one attached hydrogen (secondary N) is 1. The Morgan fingerprint density at radius 3 is 2.62 bits per heavy atom. The molecular formula is C13H18N2O5S. The quantitative estimate of drug-likeness (QED) is 0.815. The summed E-state index contributed by atoms with van der Waals surface area (Å²) in [6.07, 6.45) is 4.59. The van der Waals surface area contributed by atoms with Crippen molar-refractivity contribution in [3.8, 4) is 0 Å². The molecule has 2 fully saturated rings. The van der Waals surface area contributed by atoms with E-state index >= 15 is 0 Å². The van der Waals surface area contributed by atoms with Gasteiger partial charge in [0, 0.05) is 25.4 Å². The Labute approximate surface area is 123 Å². The van der Waals surface area contributed by atoms with Crippen LogP contribution in [0.5, 0.6) is 0 Å². The van der Waals surface area contributed by atoms with E-state index in [1.807, 2.05) is 0 Å². The second-order valence-corrected chi connectivity index (χ2v) is 7.37. The summed E-state index contributed by atoms with van der Waals surface area (Å²) in [5, 5.41) is 9.17. The number of hydrogen-bond acceptors (Lipinski definition) is 4. The van der Waals surface area contributed by atoms with Crippen LogP contribution in [0.15, 0.2) is 17.2 Å². The standard InChI is InChI=1S/C13H18N2O5S/c1-20-10-4-8(5-10)14-21(18,19)11-6-12(13(16)17)15(7-11)9-2-3-9/h6-10,14H,2-5H2,1H3,(H,16,17). The highest BCUT2D eigenvalue weighted by Gasteiger charge is 2.35.